The molecule has 84 valence electrons. The number of carbonyl (C=O) groups excluding carboxylic acids is 1. The summed E-state index contributed by atoms with van der Waals surface area (Å²) < 4.78 is 13.1. The number of ketones is 1. The van der Waals surface area contributed by atoms with Crippen molar-refractivity contribution in [2.24, 2.45) is 10.2 Å². The molecule has 0 aliphatic heterocycles. The van der Waals surface area contributed by atoms with Gasteiger partial charge < -0.3 is 5.11 Å². The maximum absolute atomic E-state index is 13.1. The molecule has 0 saturated heterocycles. The monoisotopic (exact) mass is 222 g/mol. The van der Waals surface area contributed by atoms with Crippen molar-refractivity contribution in [2.45, 2.75) is 13.8 Å². The predicted octanol–water partition coefficient (Wildman–Crippen LogP) is 3.29. The first-order chi connectivity index (χ1) is 7.52. The summed E-state index contributed by atoms with van der Waals surface area (Å²) in [4.78, 5) is 11.0. The van der Waals surface area contributed by atoms with Gasteiger partial charge in [0.05, 0.1) is 0 Å². The molecule has 0 unspecified atom stereocenters. The molecule has 0 aromatic heterocycles. The third-order valence-electron chi connectivity index (χ3n) is 1.79. The quantitative estimate of drug-likeness (QED) is 0.484. The summed E-state index contributed by atoms with van der Waals surface area (Å²) in [5.41, 5.74) is -0.161. The Morgan fingerprint density at radius 2 is 1.94 bits per heavy atom. The van der Waals surface area contributed by atoms with Crippen LogP contribution in [0.2, 0.25) is 0 Å². The molecule has 0 radical (unpaired) electrons. The molecule has 0 aliphatic rings. The molecule has 0 heterocycles. The zero-order valence-electron chi connectivity index (χ0n) is 8.94. The molecule has 1 rings (SSSR count). The van der Waals surface area contributed by atoms with Gasteiger partial charge in [0.25, 0.3) is 0 Å². The van der Waals surface area contributed by atoms with Gasteiger partial charge in [0.15, 0.2) is 17.3 Å². The van der Waals surface area contributed by atoms with Crippen LogP contribution in [0.4, 0.5) is 10.1 Å². The highest BCUT2D eigenvalue weighted by atomic mass is 19.1. The van der Waals surface area contributed by atoms with Gasteiger partial charge in [-0.25, -0.2) is 4.39 Å². The van der Waals surface area contributed by atoms with Crippen molar-refractivity contribution in [1.29, 1.82) is 0 Å². The molecule has 4 nitrogen and oxygen atoms in total. The fourth-order valence-corrected chi connectivity index (χ4v) is 1.03. The van der Waals surface area contributed by atoms with Gasteiger partial charge in [0.2, 0.25) is 0 Å². The smallest absolute Gasteiger partial charge is 0.183 e. The largest absolute Gasteiger partial charge is 0.510 e. The molecular weight excluding hydrogens is 211 g/mol. The standard InChI is InChI=1S/C11H11FN2O2/c1-7(15)11(8(2)16)14-13-10-6-4-3-5-9(10)12/h3-6,15H,1-2H3. The Labute approximate surface area is 92.1 Å². The molecule has 5 heteroatoms. The zero-order valence-corrected chi connectivity index (χ0v) is 8.94. The van der Waals surface area contributed by atoms with Gasteiger partial charge >= 0.3 is 0 Å². The first-order valence-electron chi connectivity index (χ1n) is 4.59. The van der Waals surface area contributed by atoms with E-state index in [1.54, 1.807) is 6.07 Å². The number of aliphatic hydroxyl groups is 1. The van der Waals surface area contributed by atoms with Crippen LogP contribution >= 0.6 is 0 Å². The number of carbonyl (C=O) groups is 1. The minimum Gasteiger partial charge on any atom is -0.510 e. The van der Waals surface area contributed by atoms with Crippen LogP contribution in [0.5, 0.6) is 0 Å². The Bertz CT molecular complexity index is 463. The van der Waals surface area contributed by atoms with Crippen LogP contribution in [0.3, 0.4) is 0 Å². The molecule has 0 bridgehead atoms. The molecular formula is C11H11FN2O2. The van der Waals surface area contributed by atoms with Gasteiger partial charge in [0, 0.05) is 6.92 Å². The number of benzene rings is 1. The van der Waals surface area contributed by atoms with Crippen molar-refractivity contribution >= 4 is 11.5 Å². The van der Waals surface area contributed by atoms with Crippen molar-refractivity contribution < 1.29 is 14.3 Å². The van der Waals surface area contributed by atoms with Crippen molar-refractivity contribution in [2.75, 3.05) is 0 Å². The maximum atomic E-state index is 13.1. The van der Waals surface area contributed by atoms with Gasteiger partial charge in [-0.2, -0.15) is 0 Å². The Morgan fingerprint density at radius 1 is 1.31 bits per heavy atom. The van der Waals surface area contributed by atoms with E-state index in [4.69, 9.17) is 5.11 Å². The van der Waals surface area contributed by atoms with Crippen LogP contribution in [0.1, 0.15) is 13.8 Å². The number of nitrogens with zero attached hydrogens (tertiary/aromatic N) is 2. The SMILES string of the molecule is CC(=O)C(N=Nc1ccccc1F)=C(C)O. The van der Waals surface area contributed by atoms with E-state index in [1.807, 2.05) is 0 Å². The summed E-state index contributed by atoms with van der Waals surface area (Å²) in [5, 5.41) is 16.2. The lowest BCUT2D eigenvalue weighted by atomic mass is 10.3. The number of azo groups is 1. The average molecular weight is 222 g/mol. The van der Waals surface area contributed by atoms with Crippen LogP contribution in [0, 0.1) is 5.82 Å². The minimum atomic E-state index is -0.537. The van der Waals surface area contributed by atoms with E-state index in [9.17, 15) is 9.18 Å². The molecule has 0 saturated carbocycles. The molecule has 1 aromatic carbocycles. The second-order valence-electron chi connectivity index (χ2n) is 3.14. The summed E-state index contributed by atoms with van der Waals surface area (Å²) in [6.07, 6.45) is 0. The third-order valence-corrected chi connectivity index (χ3v) is 1.79. The molecule has 1 aromatic rings. The summed E-state index contributed by atoms with van der Waals surface area (Å²) in [7, 11) is 0. The Morgan fingerprint density at radius 3 is 2.44 bits per heavy atom. The molecule has 0 fully saturated rings. The Balaban J connectivity index is 3.02. The second-order valence-corrected chi connectivity index (χ2v) is 3.14. The van der Waals surface area contributed by atoms with E-state index in [1.165, 1.54) is 32.0 Å². The van der Waals surface area contributed by atoms with Gasteiger partial charge in [-0.1, -0.05) is 12.1 Å². The summed E-state index contributed by atoms with van der Waals surface area (Å²) in [5.74, 6) is -1.21. The molecule has 0 amide bonds. The topological polar surface area (TPSA) is 62.0 Å². The fourth-order valence-electron chi connectivity index (χ4n) is 1.03. The van der Waals surface area contributed by atoms with E-state index in [0.29, 0.717) is 0 Å². The lowest BCUT2D eigenvalue weighted by Gasteiger charge is -1.97. The van der Waals surface area contributed by atoms with Crippen LogP contribution in [-0.2, 0) is 4.79 Å². The molecule has 0 atom stereocenters. The van der Waals surface area contributed by atoms with E-state index in [2.05, 4.69) is 10.2 Å². The lowest BCUT2D eigenvalue weighted by molar-refractivity contribution is -0.113. The number of allylic oxidation sites excluding steroid dienone is 2. The van der Waals surface area contributed by atoms with Crippen LogP contribution in [0.15, 0.2) is 46.0 Å². The van der Waals surface area contributed by atoms with Gasteiger partial charge in [-0.05, 0) is 19.1 Å². The van der Waals surface area contributed by atoms with Crippen molar-refractivity contribution in [3.63, 3.8) is 0 Å². The Kier molecular flexibility index (Phi) is 3.88. The third kappa shape index (κ3) is 2.98. The second kappa shape index (κ2) is 5.16. The van der Waals surface area contributed by atoms with E-state index in [0.717, 1.165) is 0 Å². The lowest BCUT2D eigenvalue weighted by Crippen LogP contribution is -1.96. The fraction of sp³-hybridized carbons (Fsp3) is 0.182. The average Bonchev–Trinajstić information content (AvgIpc) is 2.20. The predicted molar refractivity (Wildman–Crippen MR) is 56.9 cm³/mol. The molecule has 16 heavy (non-hydrogen) atoms. The number of Topliss-reactive ketones (excluding diaryl/α,β-unsaturated/α-hetero) is 1. The summed E-state index contributed by atoms with van der Waals surface area (Å²) in [6, 6.07) is 5.77. The number of hydrogen-bond acceptors (Lipinski definition) is 4. The Hall–Kier alpha value is -2.04. The summed E-state index contributed by atoms with van der Waals surface area (Å²) >= 11 is 0. The van der Waals surface area contributed by atoms with Crippen LogP contribution < -0.4 is 0 Å². The normalized spacial score (nSPS) is 12.7. The number of aliphatic hydroxyl groups excluding tert-OH is 1. The number of halogens is 1. The first-order valence-corrected chi connectivity index (χ1v) is 4.59. The van der Waals surface area contributed by atoms with Gasteiger partial charge in [0.1, 0.15) is 11.4 Å². The van der Waals surface area contributed by atoms with Crippen LogP contribution in [0.25, 0.3) is 0 Å². The van der Waals surface area contributed by atoms with Crippen molar-refractivity contribution in [3.05, 3.63) is 41.5 Å². The molecule has 1 N–H and O–H groups in total. The highest BCUT2D eigenvalue weighted by molar-refractivity contribution is 5.93. The van der Waals surface area contributed by atoms with Gasteiger partial charge in [-0.15, -0.1) is 10.2 Å². The van der Waals surface area contributed by atoms with Gasteiger partial charge in [-0.3, -0.25) is 4.79 Å². The first kappa shape index (κ1) is 12.0. The van der Waals surface area contributed by atoms with Crippen molar-refractivity contribution in [1.82, 2.24) is 0 Å². The van der Waals surface area contributed by atoms with E-state index >= 15 is 0 Å². The molecule has 0 aliphatic carbocycles. The molecule has 0 spiro atoms. The van der Waals surface area contributed by atoms with Crippen molar-refractivity contribution in [3.8, 4) is 0 Å². The van der Waals surface area contributed by atoms with Crippen LogP contribution in [-0.4, -0.2) is 10.9 Å². The summed E-state index contributed by atoms with van der Waals surface area (Å²) in [6.45, 7) is 2.56. The number of rotatable bonds is 3. The maximum Gasteiger partial charge on any atom is 0.183 e. The highest BCUT2D eigenvalue weighted by Gasteiger charge is 2.07. The zero-order chi connectivity index (χ0) is 12.1. The van der Waals surface area contributed by atoms with E-state index in [-0.39, 0.29) is 17.1 Å². The minimum absolute atomic E-state index is 0.0162. The highest BCUT2D eigenvalue weighted by Crippen LogP contribution is 2.18. The number of hydrogen-bond donors (Lipinski definition) is 1. The van der Waals surface area contributed by atoms with E-state index < -0.39 is 11.6 Å².